The van der Waals surface area contributed by atoms with Crippen LogP contribution in [0.2, 0.25) is 0 Å². The molecule has 3 rings (SSSR count). The molecule has 1 atom stereocenters. The van der Waals surface area contributed by atoms with Gasteiger partial charge >= 0.3 is 18.4 Å². The number of urea groups is 1. The number of halogens is 8. The van der Waals surface area contributed by atoms with Crippen LogP contribution in [0.1, 0.15) is 33.9 Å². The zero-order valence-electron chi connectivity index (χ0n) is 20.2. The molecule has 2 amide bonds. The Labute approximate surface area is 216 Å². The van der Waals surface area contributed by atoms with Gasteiger partial charge in [-0.3, -0.25) is 4.90 Å². The summed E-state index contributed by atoms with van der Waals surface area (Å²) in [6.07, 6.45) is -9.97. The summed E-state index contributed by atoms with van der Waals surface area (Å²) in [5.74, 6) is -0.439. The number of benzene rings is 2. The molecule has 0 spiro atoms. The summed E-state index contributed by atoms with van der Waals surface area (Å²) in [6, 6.07) is 4.39. The van der Waals surface area contributed by atoms with E-state index in [0.717, 1.165) is 4.90 Å². The molecule has 1 aliphatic rings. The van der Waals surface area contributed by atoms with Crippen molar-refractivity contribution >= 4 is 18.4 Å². The van der Waals surface area contributed by atoms with Crippen molar-refractivity contribution in [2.24, 2.45) is 5.73 Å². The molecule has 0 bridgehead atoms. The number of nitrogens with zero attached hydrogens (tertiary/aromatic N) is 3. The Morgan fingerprint density at radius 3 is 2.14 bits per heavy atom. The highest BCUT2D eigenvalue weighted by atomic mass is 35.5. The van der Waals surface area contributed by atoms with Gasteiger partial charge < -0.3 is 15.5 Å². The van der Waals surface area contributed by atoms with Crippen molar-refractivity contribution in [3.63, 3.8) is 0 Å². The number of rotatable bonds is 5. The van der Waals surface area contributed by atoms with E-state index in [-0.39, 0.29) is 30.6 Å². The minimum Gasteiger partial charge on any atom is -0.329 e. The summed E-state index contributed by atoms with van der Waals surface area (Å²) in [5, 5.41) is 0. The average molecular weight is 557 g/mol. The molecule has 1 aliphatic heterocycles. The van der Waals surface area contributed by atoms with Gasteiger partial charge in [0.15, 0.2) is 0 Å². The molecule has 0 radical (unpaired) electrons. The van der Waals surface area contributed by atoms with Crippen molar-refractivity contribution < 1.29 is 35.5 Å². The van der Waals surface area contributed by atoms with Crippen LogP contribution in [-0.4, -0.2) is 60.5 Å². The lowest BCUT2D eigenvalue weighted by atomic mass is 9.97. The summed E-state index contributed by atoms with van der Waals surface area (Å²) < 4.78 is 93.1. The number of piperazine rings is 1. The van der Waals surface area contributed by atoms with Crippen LogP contribution < -0.4 is 5.73 Å². The van der Waals surface area contributed by atoms with Crippen molar-refractivity contribution in [3.8, 4) is 0 Å². The maximum Gasteiger partial charge on any atom is 0.416 e. The van der Waals surface area contributed by atoms with Gasteiger partial charge in [0, 0.05) is 46.3 Å². The summed E-state index contributed by atoms with van der Waals surface area (Å²) in [5.41, 5.74) is 3.79. The second-order valence-corrected chi connectivity index (χ2v) is 8.85. The second kappa shape index (κ2) is 11.9. The number of aryl methyl sites for hydroxylation is 1. The molecule has 0 aliphatic carbocycles. The van der Waals surface area contributed by atoms with E-state index in [0.29, 0.717) is 49.4 Å². The predicted octanol–water partition coefficient (Wildman–Crippen LogP) is 5.46. The highest BCUT2D eigenvalue weighted by Gasteiger charge is 2.38. The van der Waals surface area contributed by atoms with Gasteiger partial charge in [0.1, 0.15) is 5.82 Å². The standard InChI is InChI=1S/C24H27F7N4O.ClH/c1-15-9-19(25)3-4-20(15)21-14-34(6-5-32)7-8-35(21)22(36)33(2)13-16-10-17(23(26,27)28)12-18(11-16)24(29,30)31;/h3-4,9-12,21H,5-8,13-14,32H2,1-2H3;1H/t21-;/m1./s1. The lowest BCUT2D eigenvalue weighted by molar-refractivity contribution is -0.143. The van der Waals surface area contributed by atoms with Gasteiger partial charge in [-0.2, -0.15) is 26.3 Å². The molecule has 13 heteroatoms. The fourth-order valence-corrected chi connectivity index (χ4v) is 4.40. The molecule has 2 N–H and O–H groups in total. The molecule has 0 saturated carbocycles. The van der Waals surface area contributed by atoms with E-state index in [1.807, 2.05) is 4.90 Å². The molecule has 0 unspecified atom stereocenters. The zero-order valence-corrected chi connectivity index (χ0v) is 21.0. The topological polar surface area (TPSA) is 52.8 Å². The van der Waals surface area contributed by atoms with Crippen molar-refractivity contribution in [1.29, 1.82) is 0 Å². The van der Waals surface area contributed by atoms with Crippen LogP contribution in [0, 0.1) is 12.7 Å². The Morgan fingerprint density at radius 1 is 1.03 bits per heavy atom. The van der Waals surface area contributed by atoms with Gasteiger partial charge in [0.05, 0.1) is 17.2 Å². The minimum absolute atomic E-state index is 0. The van der Waals surface area contributed by atoms with Gasteiger partial charge in [-0.15, -0.1) is 12.4 Å². The summed E-state index contributed by atoms with van der Waals surface area (Å²) in [6.45, 7) is 3.32. The lowest BCUT2D eigenvalue weighted by Crippen LogP contribution is -2.54. The zero-order chi connectivity index (χ0) is 26.8. The van der Waals surface area contributed by atoms with E-state index in [9.17, 15) is 35.5 Å². The van der Waals surface area contributed by atoms with Crippen LogP contribution in [0.15, 0.2) is 36.4 Å². The molecular formula is C24H28ClF7N4O. The first kappa shape index (κ1) is 30.7. The molecule has 1 fully saturated rings. The van der Waals surface area contributed by atoms with Gasteiger partial charge in [0.2, 0.25) is 0 Å². The summed E-state index contributed by atoms with van der Waals surface area (Å²) in [7, 11) is 1.32. The van der Waals surface area contributed by atoms with E-state index in [2.05, 4.69) is 0 Å². The number of nitrogens with two attached hydrogens (primary N) is 1. The Balaban J connectivity index is 0.00000481. The van der Waals surface area contributed by atoms with E-state index >= 15 is 0 Å². The normalized spacial score (nSPS) is 16.9. The average Bonchev–Trinajstić information content (AvgIpc) is 2.77. The van der Waals surface area contributed by atoms with Crippen molar-refractivity contribution in [3.05, 3.63) is 70.0 Å². The third kappa shape index (κ3) is 7.48. The van der Waals surface area contributed by atoms with Crippen LogP contribution in [0.3, 0.4) is 0 Å². The third-order valence-electron chi connectivity index (χ3n) is 6.14. The van der Waals surface area contributed by atoms with Crippen LogP contribution in [0.4, 0.5) is 35.5 Å². The largest absolute Gasteiger partial charge is 0.416 e. The first-order chi connectivity index (χ1) is 16.7. The van der Waals surface area contributed by atoms with E-state index in [1.165, 1.54) is 24.1 Å². The number of alkyl halides is 6. The molecular weight excluding hydrogens is 529 g/mol. The highest BCUT2D eigenvalue weighted by molar-refractivity contribution is 5.85. The fraction of sp³-hybridized carbons (Fsp3) is 0.458. The lowest BCUT2D eigenvalue weighted by Gasteiger charge is -2.43. The Morgan fingerprint density at radius 2 is 1.62 bits per heavy atom. The number of carbonyl (C=O) groups is 1. The maximum atomic E-state index is 13.7. The molecule has 1 saturated heterocycles. The van der Waals surface area contributed by atoms with Crippen molar-refractivity contribution in [1.82, 2.24) is 14.7 Å². The first-order valence-corrected chi connectivity index (χ1v) is 11.2. The van der Waals surface area contributed by atoms with Crippen LogP contribution in [0.5, 0.6) is 0 Å². The van der Waals surface area contributed by atoms with Crippen LogP contribution in [-0.2, 0) is 18.9 Å². The first-order valence-electron chi connectivity index (χ1n) is 11.2. The van der Waals surface area contributed by atoms with Gasteiger partial charge in [-0.25, -0.2) is 9.18 Å². The molecule has 206 valence electrons. The third-order valence-corrected chi connectivity index (χ3v) is 6.14. The number of carbonyl (C=O) groups excluding carboxylic acids is 1. The number of hydrogen-bond donors (Lipinski definition) is 1. The van der Waals surface area contributed by atoms with Crippen molar-refractivity contribution in [2.45, 2.75) is 31.9 Å². The molecule has 1 heterocycles. The van der Waals surface area contributed by atoms with E-state index in [4.69, 9.17) is 5.73 Å². The minimum atomic E-state index is -4.98. The van der Waals surface area contributed by atoms with Gasteiger partial charge in [-0.05, 0) is 53.9 Å². The maximum absolute atomic E-state index is 13.7. The second-order valence-electron chi connectivity index (χ2n) is 8.85. The molecule has 2 aromatic rings. The van der Waals surface area contributed by atoms with Crippen LogP contribution >= 0.6 is 12.4 Å². The predicted molar refractivity (Wildman–Crippen MR) is 127 cm³/mol. The molecule has 0 aromatic heterocycles. The highest BCUT2D eigenvalue weighted by Crippen LogP contribution is 2.37. The molecule has 37 heavy (non-hydrogen) atoms. The van der Waals surface area contributed by atoms with E-state index in [1.54, 1.807) is 13.0 Å². The summed E-state index contributed by atoms with van der Waals surface area (Å²) >= 11 is 0. The number of hydrogen-bond acceptors (Lipinski definition) is 3. The molecule has 5 nitrogen and oxygen atoms in total. The van der Waals surface area contributed by atoms with Gasteiger partial charge in [0.25, 0.3) is 0 Å². The Bertz CT molecular complexity index is 1060. The quantitative estimate of drug-likeness (QED) is 0.498. The smallest absolute Gasteiger partial charge is 0.329 e. The Kier molecular flexibility index (Phi) is 9.83. The SMILES string of the molecule is Cc1cc(F)ccc1[C@H]1CN(CCN)CCN1C(=O)N(C)Cc1cc(C(F)(F)F)cc(C(F)(F)F)c1.Cl. The Hall–Kier alpha value is -2.57. The monoisotopic (exact) mass is 556 g/mol. The van der Waals surface area contributed by atoms with Crippen LogP contribution in [0.25, 0.3) is 0 Å². The molecule has 2 aromatic carbocycles. The van der Waals surface area contributed by atoms with E-state index < -0.39 is 47.9 Å². The number of amides is 2. The van der Waals surface area contributed by atoms with Gasteiger partial charge in [-0.1, -0.05) is 6.07 Å². The summed E-state index contributed by atoms with van der Waals surface area (Å²) in [4.78, 5) is 18.0. The fourth-order valence-electron chi connectivity index (χ4n) is 4.40. The van der Waals surface area contributed by atoms with Crippen molar-refractivity contribution in [2.75, 3.05) is 39.8 Å².